The maximum Gasteiger partial charge on any atom is 0.321 e. The van der Waals surface area contributed by atoms with Gasteiger partial charge in [-0.05, 0) is 24.6 Å². The van der Waals surface area contributed by atoms with Crippen molar-refractivity contribution in [1.82, 2.24) is 0 Å². The quantitative estimate of drug-likeness (QED) is 0.744. The van der Waals surface area contributed by atoms with Gasteiger partial charge in [0.2, 0.25) is 0 Å². The molecule has 5 nitrogen and oxygen atoms in total. The summed E-state index contributed by atoms with van der Waals surface area (Å²) in [5.41, 5.74) is 1.000. The maximum absolute atomic E-state index is 11.7. The monoisotopic (exact) mass is 267 g/mol. The van der Waals surface area contributed by atoms with Gasteiger partial charge in [0.15, 0.2) is 9.84 Å². The standard InChI is InChI=1S/C12H13NO4S/c1-2-17-12(14)9-18(15,16)8-11-5-3-10(7-13)4-6-11/h3-6H,2,8-9H2,1H3. The van der Waals surface area contributed by atoms with E-state index >= 15 is 0 Å². The molecule has 1 aromatic carbocycles. The van der Waals surface area contributed by atoms with Gasteiger partial charge >= 0.3 is 5.97 Å². The van der Waals surface area contributed by atoms with Gasteiger partial charge in [-0.15, -0.1) is 0 Å². The summed E-state index contributed by atoms with van der Waals surface area (Å²) in [5.74, 6) is -1.61. The Kier molecular flexibility index (Phi) is 4.86. The highest BCUT2D eigenvalue weighted by molar-refractivity contribution is 7.91. The highest BCUT2D eigenvalue weighted by Gasteiger charge is 2.18. The molecule has 0 amide bonds. The number of ether oxygens (including phenoxy) is 1. The topological polar surface area (TPSA) is 84.2 Å². The van der Waals surface area contributed by atoms with E-state index in [2.05, 4.69) is 4.74 Å². The van der Waals surface area contributed by atoms with Gasteiger partial charge in [-0.1, -0.05) is 12.1 Å². The lowest BCUT2D eigenvalue weighted by atomic mass is 10.2. The number of hydrogen-bond acceptors (Lipinski definition) is 5. The van der Waals surface area contributed by atoms with Crippen molar-refractivity contribution in [2.45, 2.75) is 12.7 Å². The molecule has 0 N–H and O–H groups in total. The van der Waals surface area contributed by atoms with E-state index in [4.69, 9.17) is 5.26 Å². The third kappa shape index (κ3) is 4.55. The van der Waals surface area contributed by atoms with E-state index in [-0.39, 0.29) is 12.4 Å². The molecule has 0 aromatic heterocycles. The minimum Gasteiger partial charge on any atom is -0.465 e. The predicted molar refractivity (Wildman–Crippen MR) is 65.3 cm³/mol. The van der Waals surface area contributed by atoms with Gasteiger partial charge in [0.05, 0.1) is 24.0 Å². The third-order valence-electron chi connectivity index (χ3n) is 2.11. The zero-order valence-electron chi connectivity index (χ0n) is 9.92. The Balaban J connectivity index is 2.70. The first-order valence-corrected chi connectivity index (χ1v) is 7.14. The molecule has 0 fully saturated rings. The molecule has 18 heavy (non-hydrogen) atoms. The number of hydrogen-bond donors (Lipinski definition) is 0. The molecule has 0 radical (unpaired) electrons. The maximum atomic E-state index is 11.7. The number of benzene rings is 1. The molecule has 0 unspecified atom stereocenters. The third-order valence-corrected chi connectivity index (χ3v) is 3.56. The second kappa shape index (κ2) is 6.17. The summed E-state index contributed by atoms with van der Waals surface area (Å²) in [5, 5.41) is 8.61. The van der Waals surface area contributed by atoms with E-state index < -0.39 is 21.6 Å². The molecule has 0 heterocycles. The molecular weight excluding hydrogens is 254 g/mol. The van der Waals surface area contributed by atoms with Crippen molar-refractivity contribution >= 4 is 15.8 Å². The van der Waals surface area contributed by atoms with Gasteiger partial charge in [-0.25, -0.2) is 8.42 Å². The van der Waals surface area contributed by atoms with Crippen LogP contribution in [0.15, 0.2) is 24.3 Å². The predicted octanol–water partition coefficient (Wildman–Crippen LogP) is 1.04. The fourth-order valence-electron chi connectivity index (χ4n) is 1.36. The smallest absolute Gasteiger partial charge is 0.321 e. The summed E-state index contributed by atoms with van der Waals surface area (Å²) in [4.78, 5) is 11.1. The molecule has 1 rings (SSSR count). The summed E-state index contributed by atoms with van der Waals surface area (Å²) in [6.45, 7) is 1.77. The van der Waals surface area contributed by atoms with Gasteiger partial charge < -0.3 is 4.74 Å². The second-order valence-electron chi connectivity index (χ2n) is 3.65. The van der Waals surface area contributed by atoms with E-state index in [0.717, 1.165) is 0 Å². The highest BCUT2D eigenvalue weighted by Crippen LogP contribution is 2.08. The lowest BCUT2D eigenvalue weighted by Gasteiger charge is -2.04. The van der Waals surface area contributed by atoms with E-state index in [1.54, 1.807) is 19.1 Å². The van der Waals surface area contributed by atoms with E-state index in [0.29, 0.717) is 11.1 Å². The lowest BCUT2D eigenvalue weighted by Crippen LogP contribution is -2.19. The van der Waals surface area contributed by atoms with Gasteiger partial charge in [0, 0.05) is 0 Å². The van der Waals surface area contributed by atoms with Gasteiger partial charge in [0.25, 0.3) is 0 Å². The minimum absolute atomic E-state index is 0.158. The van der Waals surface area contributed by atoms with Crippen molar-refractivity contribution in [1.29, 1.82) is 5.26 Å². The van der Waals surface area contributed by atoms with Gasteiger partial charge in [-0.3, -0.25) is 4.79 Å². The van der Waals surface area contributed by atoms with E-state index in [1.807, 2.05) is 6.07 Å². The van der Waals surface area contributed by atoms with Crippen molar-refractivity contribution in [3.05, 3.63) is 35.4 Å². The van der Waals surface area contributed by atoms with Crippen molar-refractivity contribution in [3.63, 3.8) is 0 Å². The Morgan fingerprint density at radius 2 is 1.94 bits per heavy atom. The molecule has 0 atom stereocenters. The zero-order chi connectivity index (χ0) is 13.6. The largest absolute Gasteiger partial charge is 0.465 e. The van der Waals surface area contributed by atoms with Crippen LogP contribution in [0.3, 0.4) is 0 Å². The minimum atomic E-state index is -3.53. The number of nitriles is 1. The van der Waals surface area contributed by atoms with Crippen LogP contribution in [0.25, 0.3) is 0 Å². The first-order chi connectivity index (χ1) is 8.46. The highest BCUT2D eigenvalue weighted by atomic mass is 32.2. The molecular formula is C12H13NO4S. The molecule has 0 aliphatic rings. The molecule has 0 aliphatic carbocycles. The average molecular weight is 267 g/mol. The first kappa shape index (κ1) is 14.2. The molecule has 96 valence electrons. The van der Waals surface area contributed by atoms with E-state index in [1.165, 1.54) is 12.1 Å². The van der Waals surface area contributed by atoms with Crippen LogP contribution >= 0.6 is 0 Å². The summed E-state index contributed by atoms with van der Waals surface area (Å²) in [6, 6.07) is 8.13. The molecule has 0 saturated heterocycles. The summed E-state index contributed by atoms with van der Waals surface area (Å²) >= 11 is 0. The van der Waals surface area contributed by atoms with Gasteiger partial charge in [0.1, 0.15) is 5.75 Å². The fraction of sp³-hybridized carbons (Fsp3) is 0.333. The number of nitrogens with zero attached hydrogens (tertiary/aromatic N) is 1. The Morgan fingerprint density at radius 3 is 2.44 bits per heavy atom. The van der Waals surface area contributed by atoms with Crippen molar-refractivity contribution in [2.75, 3.05) is 12.4 Å². The van der Waals surface area contributed by atoms with Crippen LogP contribution in [0, 0.1) is 11.3 Å². The molecule has 0 bridgehead atoms. The Morgan fingerprint density at radius 1 is 1.33 bits per heavy atom. The molecule has 0 spiro atoms. The van der Waals surface area contributed by atoms with Crippen molar-refractivity contribution < 1.29 is 17.9 Å². The lowest BCUT2D eigenvalue weighted by molar-refractivity contribution is -0.139. The zero-order valence-corrected chi connectivity index (χ0v) is 10.7. The second-order valence-corrected chi connectivity index (χ2v) is 5.71. The Labute approximate surface area is 106 Å². The SMILES string of the molecule is CCOC(=O)CS(=O)(=O)Cc1ccc(C#N)cc1. The molecule has 1 aromatic rings. The van der Waals surface area contributed by atoms with Crippen LogP contribution in [0.2, 0.25) is 0 Å². The molecule has 0 saturated carbocycles. The first-order valence-electron chi connectivity index (χ1n) is 5.32. The van der Waals surface area contributed by atoms with Crippen molar-refractivity contribution in [3.8, 4) is 6.07 Å². The Hall–Kier alpha value is -1.87. The fourth-order valence-corrected chi connectivity index (χ4v) is 2.61. The van der Waals surface area contributed by atoms with Gasteiger partial charge in [-0.2, -0.15) is 5.26 Å². The summed E-state index contributed by atoms with van der Waals surface area (Å²) in [7, 11) is -3.53. The van der Waals surface area contributed by atoms with Crippen molar-refractivity contribution in [2.24, 2.45) is 0 Å². The van der Waals surface area contributed by atoms with Crippen LogP contribution in [0.5, 0.6) is 0 Å². The summed E-state index contributed by atoms with van der Waals surface area (Å²) in [6.07, 6.45) is 0. The van der Waals surface area contributed by atoms with Crippen LogP contribution in [-0.4, -0.2) is 26.7 Å². The molecule has 6 heteroatoms. The number of carbonyl (C=O) groups is 1. The number of carbonyl (C=O) groups excluding carboxylic acids is 1. The van der Waals surface area contributed by atoms with Crippen LogP contribution < -0.4 is 0 Å². The number of rotatable bonds is 5. The average Bonchev–Trinajstić information content (AvgIpc) is 2.29. The van der Waals surface area contributed by atoms with Crippen LogP contribution in [-0.2, 0) is 25.1 Å². The van der Waals surface area contributed by atoms with E-state index in [9.17, 15) is 13.2 Å². The normalized spacial score (nSPS) is 10.7. The summed E-state index contributed by atoms with van der Waals surface area (Å²) < 4.78 is 27.9. The van der Waals surface area contributed by atoms with Crippen LogP contribution in [0.1, 0.15) is 18.1 Å². The number of sulfone groups is 1. The van der Waals surface area contributed by atoms with Crippen LogP contribution in [0.4, 0.5) is 0 Å². The Bertz CT molecular complexity index is 555. The molecule has 0 aliphatic heterocycles. The number of esters is 1.